The molecule has 0 aliphatic carbocycles. The van der Waals surface area contributed by atoms with Gasteiger partial charge in [0.25, 0.3) is 0 Å². The lowest BCUT2D eigenvalue weighted by molar-refractivity contribution is 0.685. The molecule has 1 aromatic carbocycles. The van der Waals surface area contributed by atoms with Gasteiger partial charge in [-0.25, -0.2) is 4.98 Å². The Morgan fingerprint density at radius 3 is 2.74 bits per heavy atom. The van der Waals surface area contributed by atoms with Gasteiger partial charge < -0.3 is 11.1 Å². The molecular formula is C17H22N6. The highest BCUT2D eigenvalue weighted by atomic mass is 15.3. The van der Waals surface area contributed by atoms with Crippen LogP contribution in [0.5, 0.6) is 0 Å². The first-order valence-corrected chi connectivity index (χ1v) is 7.77. The van der Waals surface area contributed by atoms with E-state index in [9.17, 15) is 0 Å². The number of nitrogen functional groups attached to an aromatic ring is 1. The van der Waals surface area contributed by atoms with Gasteiger partial charge in [-0.05, 0) is 18.9 Å². The molecule has 3 aromatic rings. The Labute approximate surface area is 135 Å². The Balaban J connectivity index is 2.20. The van der Waals surface area contributed by atoms with Gasteiger partial charge in [-0.3, -0.25) is 4.68 Å². The van der Waals surface area contributed by atoms with E-state index in [-0.39, 0.29) is 0 Å². The smallest absolute Gasteiger partial charge is 0.225 e. The first-order valence-electron chi connectivity index (χ1n) is 7.77. The lowest BCUT2D eigenvalue weighted by Gasteiger charge is -2.10. The maximum absolute atomic E-state index is 6.19. The van der Waals surface area contributed by atoms with Crippen molar-refractivity contribution in [2.75, 3.05) is 17.6 Å². The van der Waals surface area contributed by atoms with Gasteiger partial charge in [0, 0.05) is 19.2 Å². The van der Waals surface area contributed by atoms with E-state index < -0.39 is 0 Å². The Kier molecular flexibility index (Phi) is 3.90. The molecular weight excluding hydrogens is 288 g/mol. The summed E-state index contributed by atoms with van der Waals surface area (Å²) in [6.45, 7) is 7.16. The summed E-state index contributed by atoms with van der Waals surface area (Å²) in [6.07, 6.45) is 0. The Morgan fingerprint density at radius 2 is 2.04 bits per heavy atom. The van der Waals surface area contributed by atoms with Crippen molar-refractivity contribution in [2.24, 2.45) is 13.0 Å². The van der Waals surface area contributed by atoms with Crippen LogP contribution in [0.4, 0.5) is 11.8 Å². The van der Waals surface area contributed by atoms with Crippen LogP contribution in [0.2, 0.25) is 0 Å². The number of benzene rings is 1. The van der Waals surface area contributed by atoms with Gasteiger partial charge in [0.1, 0.15) is 5.82 Å². The average Bonchev–Trinajstić information content (AvgIpc) is 2.79. The minimum Gasteiger partial charge on any atom is -0.383 e. The summed E-state index contributed by atoms with van der Waals surface area (Å²) in [5, 5.41) is 8.49. The SMILES string of the molecule is Cc1cccc(-c2nc(NCC(C)C)nc3nn(C)c(N)c23)c1. The largest absolute Gasteiger partial charge is 0.383 e. The molecule has 0 saturated heterocycles. The van der Waals surface area contributed by atoms with Crippen LogP contribution in [0.1, 0.15) is 19.4 Å². The third-order valence-electron chi connectivity index (χ3n) is 3.70. The summed E-state index contributed by atoms with van der Waals surface area (Å²) < 4.78 is 1.64. The molecule has 3 rings (SSSR count). The maximum atomic E-state index is 6.19. The number of hydrogen-bond donors (Lipinski definition) is 2. The van der Waals surface area contributed by atoms with Crippen LogP contribution in [0.15, 0.2) is 24.3 Å². The minimum absolute atomic E-state index is 0.505. The van der Waals surface area contributed by atoms with Gasteiger partial charge in [-0.15, -0.1) is 0 Å². The fraction of sp³-hybridized carbons (Fsp3) is 0.353. The van der Waals surface area contributed by atoms with Crippen molar-refractivity contribution in [1.29, 1.82) is 0 Å². The molecule has 2 aromatic heterocycles. The van der Waals surface area contributed by atoms with E-state index in [0.29, 0.717) is 23.3 Å². The van der Waals surface area contributed by atoms with Crippen molar-refractivity contribution >= 4 is 22.8 Å². The molecule has 0 spiro atoms. The monoisotopic (exact) mass is 310 g/mol. The lowest BCUT2D eigenvalue weighted by atomic mass is 10.1. The van der Waals surface area contributed by atoms with E-state index in [1.165, 1.54) is 5.56 Å². The molecule has 6 heteroatoms. The van der Waals surface area contributed by atoms with Crippen LogP contribution in [-0.2, 0) is 7.05 Å². The zero-order valence-electron chi connectivity index (χ0n) is 14.0. The lowest BCUT2D eigenvalue weighted by Crippen LogP contribution is -2.11. The highest BCUT2D eigenvalue weighted by Crippen LogP contribution is 2.31. The maximum Gasteiger partial charge on any atom is 0.225 e. The van der Waals surface area contributed by atoms with Gasteiger partial charge >= 0.3 is 0 Å². The second-order valence-corrected chi connectivity index (χ2v) is 6.25. The number of anilines is 2. The molecule has 0 saturated carbocycles. The standard InChI is InChI=1S/C17H22N6/c1-10(2)9-19-17-20-14(12-7-5-6-11(3)8-12)13-15(18)23(4)22-16(13)21-17/h5-8,10H,9,18H2,1-4H3,(H,19,21,22). The van der Waals surface area contributed by atoms with E-state index >= 15 is 0 Å². The first-order chi connectivity index (χ1) is 11.0. The van der Waals surface area contributed by atoms with E-state index in [2.05, 4.69) is 48.3 Å². The van der Waals surface area contributed by atoms with Crippen molar-refractivity contribution in [2.45, 2.75) is 20.8 Å². The zero-order chi connectivity index (χ0) is 16.6. The molecule has 0 radical (unpaired) electrons. The number of rotatable bonds is 4. The number of fused-ring (bicyclic) bond motifs is 1. The first kappa shape index (κ1) is 15.3. The Bertz CT molecular complexity index is 850. The predicted molar refractivity (Wildman–Crippen MR) is 94.2 cm³/mol. The molecule has 0 fully saturated rings. The number of nitrogens with two attached hydrogens (primary N) is 1. The highest BCUT2D eigenvalue weighted by Gasteiger charge is 2.17. The molecule has 0 bridgehead atoms. The average molecular weight is 310 g/mol. The molecule has 0 aliphatic heterocycles. The fourth-order valence-electron chi connectivity index (χ4n) is 2.49. The van der Waals surface area contributed by atoms with Crippen LogP contribution in [0.25, 0.3) is 22.3 Å². The van der Waals surface area contributed by atoms with E-state index in [1.54, 1.807) is 4.68 Å². The second kappa shape index (κ2) is 5.87. The van der Waals surface area contributed by atoms with Crippen molar-refractivity contribution in [3.05, 3.63) is 29.8 Å². The molecule has 23 heavy (non-hydrogen) atoms. The normalized spacial score (nSPS) is 11.3. The molecule has 6 nitrogen and oxygen atoms in total. The van der Waals surface area contributed by atoms with Gasteiger partial charge in [0.15, 0.2) is 5.65 Å². The van der Waals surface area contributed by atoms with Crippen LogP contribution in [-0.4, -0.2) is 26.3 Å². The van der Waals surface area contributed by atoms with E-state index in [4.69, 9.17) is 10.7 Å². The number of aryl methyl sites for hydroxylation is 2. The van der Waals surface area contributed by atoms with Gasteiger partial charge in [-0.2, -0.15) is 10.1 Å². The predicted octanol–water partition coefficient (Wildman–Crippen LogP) is 2.99. The Morgan fingerprint density at radius 1 is 1.26 bits per heavy atom. The number of aromatic nitrogens is 4. The van der Waals surface area contributed by atoms with Crippen LogP contribution < -0.4 is 11.1 Å². The number of nitrogens with one attached hydrogen (secondary N) is 1. The van der Waals surface area contributed by atoms with Crippen LogP contribution >= 0.6 is 0 Å². The minimum atomic E-state index is 0.505. The molecule has 0 unspecified atom stereocenters. The number of hydrogen-bond acceptors (Lipinski definition) is 5. The molecule has 0 atom stereocenters. The summed E-state index contributed by atoms with van der Waals surface area (Å²) in [6, 6.07) is 8.21. The van der Waals surface area contributed by atoms with Crippen molar-refractivity contribution in [1.82, 2.24) is 19.7 Å². The van der Waals surface area contributed by atoms with Crippen molar-refractivity contribution in [3.8, 4) is 11.3 Å². The third-order valence-corrected chi connectivity index (χ3v) is 3.70. The topological polar surface area (TPSA) is 81.7 Å². The molecule has 3 N–H and O–H groups in total. The summed E-state index contributed by atoms with van der Waals surface area (Å²) in [5.74, 6) is 1.67. The number of nitrogens with zero attached hydrogens (tertiary/aromatic N) is 4. The van der Waals surface area contributed by atoms with E-state index in [1.807, 2.05) is 19.2 Å². The highest BCUT2D eigenvalue weighted by molar-refractivity contribution is 5.98. The quantitative estimate of drug-likeness (QED) is 0.774. The molecule has 0 amide bonds. The summed E-state index contributed by atoms with van der Waals surface area (Å²) in [4.78, 5) is 9.21. The van der Waals surface area contributed by atoms with Crippen LogP contribution in [0, 0.1) is 12.8 Å². The Hall–Kier alpha value is -2.63. The molecule has 120 valence electrons. The van der Waals surface area contributed by atoms with Gasteiger partial charge in [0.05, 0.1) is 11.1 Å². The zero-order valence-corrected chi connectivity index (χ0v) is 14.0. The fourth-order valence-corrected chi connectivity index (χ4v) is 2.49. The third kappa shape index (κ3) is 2.97. The van der Waals surface area contributed by atoms with Crippen molar-refractivity contribution < 1.29 is 0 Å². The van der Waals surface area contributed by atoms with Crippen molar-refractivity contribution in [3.63, 3.8) is 0 Å². The van der Waals surface area contributed by atoms with E-state index in [0.717, 1.165) is 23.2 Å². The molecule has 2 heterocycles. The summed E-state index contributed by atoms with van der Waals surface area (Å²) in [7, 11) is 1.82. The second-order valence-electron chi connectivity index (χ2n) is 6.25. The summed E-state index contributed by atoms with van der Waals surface area (Å²) >= 11 is 0. The van der Waals surface area contributed by atoms with Gasteiger partial charge in [0.2, 0.25) is 5.95 Å². The van der Waals surface area contributed by atoms with Crippen LogP contribution in [0.3, 0.4) is 0 Å². The van der Waals surface area contributed by atoms with Gasteiger partial charge in [-0.1, -0.05) is 37.6 Å². The molecule has 0 aliphatic rings. The summed E-state index contributed by atoms with van der Waals surface area (Å²) in [5.41, 5.74) is 9.81.